The van der Waals surface area contributed by atoms with E-state index < -0.39 is 5.97 Å². The molecule has 2 heterocycles. The largest absolute Gasteiger partial charge is 0.477 e. The van der Waals surface area contributed by atoms with E-state index in [0.717, 1.165) is 56.6 Å². The third-order valence-electron chi connectivity index (χ3n) is 9.77. The van der Waals surface area contributed by atoms with Crippen molar-refractivity contribution in [1.82, 2.24) is 4.57 Å². The van der Waals surface area contributed by atoms with Gasteiger partial charge < -0.3 is 14.6 Å². The normalized spacial score (nSPS) is 13.1. The van der Waals surface area contributed by atoms with Gasteiger partial charge in [-0.05, 0) is 113 Å². The van der Waals surface area contributed by atoms with Crippen LogP contribution in [0.5, 0.6) is 0 Å². The summed E-state index contributed by atoms with van der Waals surface area (Å²) in [6, 6.07) is 44.9. The number of thiophene rings is 1. The van der Waals surface area contributed by atoms with Gasteiger partial charge in [0.1, 0.15) is 11.6 Å². The molecule has 2 aromatic heterocycles. The summed E-state index contributed by atoms with van der Waals surface area (Å²) in [6.45, 7) is 4.61. The summed E-state index contributed by atoms with van der Waals surface area (Å²) in [5.74, 6) is -1.22. The number of carboxylic acids is 1. The second kappa shape index (κ2) is 12.5. The molecule has 1 aliphatic carbocycles. The minimum absolute atomic E-state index is 0.124. The van der Waals surface area contributed by atoms with Gasteiger partial charge >= 0.3 is 5.97 Å². The summed E-state index contributed by atoms with van der Waals surface area (Å²) < 4.78 is 2.20. The summed E-state index contributed by atoms with van der Waals surface area (Å²) in [4.78, 5) is 15.4. The molecule has 0 unspecified atom stereocenters. The fourth-order valence-corrected chi connectivity index (χ4v) is 8.31. The Morgan fingerprint density at radius 1 is 0.792 bits per heavy atom. The number of nitriles is 1. The molecule has 4 aromatic carbocycles. The van der Waals surface area contributed by atoms with Crippen LogP contribution in [0.2, 0.25) is 0 Å². The topological polar surface area (TPSA) is 69.3 Å². The highest BCUT2D eigenvalue weighted by molar-refractivity contribution is 7.16. The average Bonchev–Trinajstić information content (AvgIpc) is 3.82. The predicted molar refractivity (Wildman–Crippen MR) is 197 cm³/mol. The molecule has 0 amide bonds. The van der Waals surface area contributed by atoms with E-state index in [2.05, 4.69) is 140 Å². The first-order valence-corrected chi connectivity index (χ1v) is 17.0. The summed E-state index contributed by atoms with van der Waals surface area (Å²) in [5, 5.41) is 18.5. The van der Waals surface area contributed by atoms with Crippen molar-refractivity contribution in [3.63, 3.8) is 0 Å². The zero-order valence-electron chi connectivity index (χ0n) is 27.1. The van der Waals surface area contributed by atoms with Crippen molar-refractivity contribution >= 4 is 40.4 Å². The van der Waals surface area contributed by atoms with Crippen LogP contribution in [0.25, 0.3) is 39.0 Å². The van der Waals surface area contributed by atoms with Crippen LogP contribution in [-0.4, -0.2) is 15.6 Å². The maximum absolute atomic E-state index is 11.3. The molecular weight excluding hydrogens is 611 g/mol. The Bertz CT molecular complexity index is 2180. The molecule has 7 rings (SSSR count). The molecule has 6 heteroatoms. The van der Waals surface area contributed by atoms with Crippen LogP contribution in [0.15, 0.2) is 127 Å². The molecule has 0 aliphatic heterocycles. The van der Waals surface area contributed by atoms with Crippen molar-refractivity contribution in [1.29, 1.82) is 5.26 Å². The molecule has 0 atom stereocenters. The van der Waals surface area contributed by atoms with Crippen LogP contribution in [0, 0.1) is 11.3 Å². The molecular formula is C42H35N3O2S. The highest BCUT2D eigenvalue weighted by Crippen LogP contribution is 2.55. The molecule has 0 bridgehead atoms. The quantitative estimate of drug-likeness (QED) is 0.125. The van der Waals surface area contributed by atoms with E-state index in [1.165, 1.54) is 39.7 Å². The number of aliphatic carboxylic acids is 1. The number of anilines is 3. The Morgan fingerprint density at radius 3 is 2.00 bits per heavy atom. The highest BCUT2D eigenvalue weighted by Gasteiger charge is 2.41. The number of para-hydroxylation sites is 2. The van der Waals surface area contributed by atoms with Gasteiger partial charge in [0.15, 0.2) is 0 Å². The summed E-state index contributed by atoms with van der Waals surface area (Å²) in [5.41, 5.74) is 11.6. The van der Waals surface area contributed by atoms with Crippen molar-refractivity contribution in [3.05, 3.63) is 143 Å². The molecule has 48 heavy (non-hydrogen) atoms. The SMILES string of the molecule is CCC1(CC)c2cc(-c3ccc(-c4ccc(/C=C(\C#N)C(=O)O)s4)n3C)ccc2-c2ccc(N(c3ccccc3)c3ccccc3)cc21. The molecule has 0 fully saturated rings. The van der Waals surface area contributed by atoms with Crippen LogP contribution >= 0.6 is 11.3 Å². The predicted octanol–water partition coefficient (Wildman–Crippen LogP) is 11.0. The number of rotatable bonds is 9. The second-order valence-corrected chi connectivity index (χ2v) is 13.2. The van der Waals surface area contributed by atoms with Crippen molar-refractivity contribution in [2.75, 3.05) is 4.90 Å². The minimum Gasteiger partial charge on any atom is -0.477 e. The number of hydrogen-bond donors (Lipinski definition) is 1. The Morgan fingerprint density at radius 2 is 1.40 bits per heavy atom. The molecule has 1 aliphatic rings. The van der Waals surface area contributed by atoms with Crippen molar-refractivity contribution in [2.24, 2.45) is 7.05 Å². The van der Waals surface area contributed by atoms with Gasteiger partial charge in [-0.15, -0.1) is 11.3 Å². The summed E-state index contributed by atoms with van der Waals surface area (Å²) in [7, 11) is 2.07. The zero-order chi connectivity index (χ0) is 33.4. The van der Waals surface area contributed by atoms with E-state index in [-0.39, 0.29) is 11.0 Å². The molecule has 6 aromatic rings. The van der Waals surface area contributed by atoms with E-state index in [1.54, 1.807) is 6.07 Å². The summed E-state index contributed by atoms with van der Waals surface area (Å²) >= 11 is 1.47. The fraction of sp³-hybridized carbons (Fsp3) is 0.143. The van der Waals surface area contributed by atoms with E-state index in [9.17, 15) is 15.2 Å². The van der Waals surface area contributed by atoms with E-state index >= 15 is 0 Å². The Kier molecular flexibility index (Phi) is 8.08. The van der Waals surface area contributed by atoms with Gasteiger partial charge in [0, 0.05) is 40.1 Å². The number of aromatic nitrogens is 1. The Balaban J connectivity index is 1.28. The lowest BCUT2D eigenvalue weighted by Gasteiger charge is -2.32. The van der Waals surface area contributed by atoms with Gasteiger partial charge in [0.05, 0.1) is 10.6 Å². The minimum atomic E-state index is -1.22. The van der Waals surface area contributed by atoms with Crippen LogP contribution in [0.1, 0.15) is 42.7 Å². The van der Waals surface area contributed by atoms with E-state index in [0.29, 0.717) is 0 Å². The van der Waals surface area contributed by atoms with E-state index in [4.69, 9.17) is 0 Å². The van der Waals surface area contributed by atoms with Crippen LogP contribution in [0.3, 0.4) is 0 Å². The maximum atomic E-state index is 11.3. The first-order valence-electron chi connectivity index (χ1n) is 16.2. The molecule has 1 N–H and O–H groups in total. The lowest BCUT2D eigenvalue weighted by atomic mass is 9.73. The molecule has 236 valence electrons. The van der Waals surface area contributed by atoms with Gasteiger partial charge in [-0.25, -0.2) is 4.79 Å². The first-order chi connectivity index (χ1) is 23.4. The van der Waals surface area contributed by atoms with Crippen LogP contribution in [0.4, 0.5) is 17.1 Å². The van der Waals surface area contributed by atoms with Crippen LogP contribution in [-0.2, 0) is 17.3 Å². The molecule has 0 radical (unpaired) electrons. The van der Waals surface area contributed by atoms with Gasteiger partial charge in [-0.3, -0.25) is 0 Å². The van der Waals surface area contributed by atoms with Gasteiger partial charge in [-0.2, -0.15) is 5.26 Å². The molecule has 0 saturated carbocycles. The number of carboxylic acid groups (broad SMARTS) is 1. The summed E-state index contributed by atoms with van der Waals surface area (Å²) in [6.07, 6.45) is 3.40. The number of nitrogens with zero attached hydrogens (tertiary/aromatic N) is 3. The van der Waals surface area contributed by atoms with Crippen LogP contribution < -0.4 is 4.90 Å². The third-order valence-corrected chi connectivity index (χ3v) is 10.8. The Hall–Kier alpha value is -5.64. The van der Waals surface area contributed by atoms with Gasteiger partial charge in [-0.1, -0.05) is 68.4 Å². The van der Waals surface area contributed by atoms with Crippen molar-refractivity contribution in [3.8, 4) is 39.0 Å². The molecule has 5 nitrogen and oxygen atoms in total. The third kappa shape index (κ3) is 5.13. The lowest BCUT2D eigenvalue weighted by Crippen LogP contribution is -2.23. The fourth-order valence-electron chi connectivity index (χ4n) is 7.30. The number of carbonyl (C=O) groups is 1. The average molecular weight is 646 g/mol. The molecule has 0 spiro atoms. The lowest BCUT2D eigenvalue weighted by molar-refractivity contribution is -0.132. The monoisotopic (exact) mass is 645 g/mol. The first kappa shape index (κ1) is 31.0. The van der Waals surface area contributed by atoms with Gasteiger partial charge in [0.2, 0.25) is 0 Å². The number of fused-ring (bicyclic) bond motifs is 3. The van der Waals surface area contributed by atoms with Crippen molar-refractivity contribution in [2.45, 2.75) is 32.1 Å². The van der Waals surface area contributed by atoms with Gasteiger partial charge in [0.25, 0.3) is 0 Å². The highest BCUT2D eigenvalue weighted by atomic mass is 32.1. The Labute approximate surface area is 285 Å². The zero-order valence-corrected chi connectivity index (χ0v) is 28.0. The standard InChI is InChI=1S/C42H35N3O2S/c1-4-42(5-2)36-25-28(38-21-22-39(44(38)3)40-23-18-33(48-40)24-29(27-43)41(46)47)16-19-34(36)35-20-17-32(26-37(35)42)45(30-12-8-6-9-13-30)31-14-10-7-11-15-31/h6-26H,4-5H2,1-3H3,(H,46,47)/b29-24+. The maximum Gasteiger partial charge on any atom is 0.346 e. The molecule has 0 saturated heterocycles. The number of hydrogen-bond acceptors (Lipinski definition) is 4. The second-order valence-electron chi connectivity index (χ2n) is 12.1. The van der Waals surface area contributed by atoms with Crippen molar-refractivity contribution < 1.29 is 9.90 Å². The smallest absolute Gasteiger partial charge is 0.346 e. The number of benzene rings is 4. The van der Waals surface area contributed by atoms with E-state index in [1.807, 2.05) is 12.1 Å².